The standard InChI is InChI=1S/C15H21N/c1-2-3-4-5-6-10-13-16-14-15-11-8-7-9-12-15/h2-4,7-9,11-12,16H,1,5-6,10,13-14H2/b4-3+. The van der Waals surface area contributed by atoms with Gasteiger partial charge in [-0.05, 0) is 31.4 Å². The third-order valence-electron chi connectivity index (χ3n) is 2.42. The summed E-state index contributed by atoms with van der Waals surface area (Å²) in [6.07, 6.45) is 9.63. The van der Waals surface area contributed by atoms with Crippen LogP contribution in [0.3, 0.4) is 0 Å². The van der Waals surface area contributed by atoms with Crippen molar-refractivity contribution in [1.82, 2.24) is 5.32 Å². The highest BCUT2D eigenvalue weighted by Gasteiger charge is 1.90. The molecule has 1 nitrogen and oxygen atoms in total. The molecule has 1 N–H and O–H groups in total. The molecule has 0 bridgehead atoms. The van der Waals surface area contributed by atoms with E-state index in [-0.39, 0.29) is 0 Å². The highest BCUT2D eigenvalue weighted by molar-refractivity contribution is 5.14. The summed E-state index contributed by atoms with van der Waals surface area (Å²) in [5, 5.41) is 3.45. The fraction of sp³-hybridized carbons (Fsp3) is 0.333. The van der Waals surface area contributed by atoms with E-state index in [4.69, 9.17) is 0 Å². The molecule has 1 aromatic carbocycles. The molecule has 0 atom stereocenters. The Bertz CT molecular complexity index is 300. The molecule has 0 aliphatic rings. The Balaban J connectivity index is 1.96. The predicted octanol–water partition coefficient (Wildman–Crippen LogP) is 3.69. The summed E-state index contributed by atoms with van der Waals surface area (Å²) in [7, 11) is 0. The Hall–Kier alpha value is -1.34. The summed E-state index contributed by atoms with van der Waals surface area (Å²) in [4.78, 5) is 0. The minimum atomic E-state index is 0.976. The van der Waals surface area contributed by atoms with Crippen molar-refractivity contribution in [2.75, 3.05) is 6.54 Å². The van der Waals surface area contributed by atoms with E-state index in [1.165, 1.54) is 18.4 Å². The normalized spacial score (nSPS) is 10.8. The summed E-state index contributed by atoms with van der Waals surface area (Å²) in [5.41, 5.74) is 1.36. The number of benzene rings is 1. The maximum Gasteiger partial charge on any atom is 0.0205 e. The molecule has 0 unspecified atom stereocenters. The van der Waals surface area contributed by atoms with Crippen molar-refractivity contribution >= 4 is 0 Å². The predicted molar refractivity (Wildman–Crippen MR) is 71.3 cm³/mol. The van der Waals surface area contributed by atoms with Crippen LogP contribution >= 0.6 is 0 Å². The summed E-state index contributed by atoms with van der Waals surface area (Å²) in [5.74, 6) is 0. The summed E-state index contributed by atoms with van der Waals surface area (Å²) >= 11 is 0. The van der Waals surface area contributed by atoms with Crippen molar-refractivity contribution in [2.45, 2.75) is 25.8 Å². The van der Waals surface area contributed by atoms with Gasteiger partial charge in [-0.2, -0.15) is 0 Å². The van der Waals surface area contributed by atoms with Crippen LogP contribution in [-0.4, -0.2) is 6.54 Å². The monoisotopic (exact) mass is 215 g/mol. The maximum atomic E-state index is 3.64. The number of nitrogens with one attached hydrogen (secondary N) is 1. The largest absolute Gasteiger partial charge is 0.313 e. The second kappa shape index (κ2) is 8.93. The van der Waals surface area contributed by atoms with Gasteiger partial charge in [0.1, 0.15) is 0 Å². The number of hydrogen-bond acceptors (Lipinski definition) is 1. The van der Waals surface area contributed by atoms with E-state index >= 15 is 0 Å². The fourth-order valence-corrected chi connectivity index (χ4v) is 1.53. The smallest absolute Gasteiger partial charge is 0.0205 e. The number of hydrogen-bond donors (Lipinski definition) is 1. The van der Waals surface area contributed by atoms with Gasteiger partial charge in [-0.3, -0.25) is 0 Å². The van der Waals surface area contributed by atoms with Gasteiger partial charge in [0, 0.05) is 6.54 Å². The van der Waals surface area contributed by atoms with Gasteiger partial charge in [0.2, 0.25) is 0 Å². The van der Waals surface area contributed by atoms with Crippen LogP contribution in [0.4, 0.5) is 0 Å². The van der Waals surface area contributed by atoms with E-state index in [0.29, 0.717) is 0 Å². The van der Waals surface area contributed by atoms with Gasteiger partial charge in [0.15, 0.2) is 0 Å². The van der Waals surface area contributed by atoms with Crippen LogP contribution in [0.2, 0.25) is 0 Å². The Morgan fingerprint density at radius 3 is 2.69 bits per heavy atom. The van der Waals surface area contributed by atoms with Crippen molar-refractivity contribution < 1.29 is 0 Å². The summed E-state index contributed by atoms with van der Waals surface area (Å²) in [6, 6.07) is 10.5. The Morgan fingerprint density at radius 1 is 1.12 bits per heavy atom. The summed E-state index contributed by atoms with van der Waals surface area (Å²) < 4.78 is 0. The molecule has 0 aliphatic carbocycles. The molecule has 86 valence electrons. The van der Waals surface area contributed by atoms with Crippen molar-refractivity contribution in [3.8, 4) is 0 Å². The molecule has 1 rings (SSSR count). The lowest BCUT2D eigenvalue weighted by molar-refractivity contribution is 0.627. The van der Waals surface area contributed by atoms with Gasteiger partial charge in [0.25, 0.3) is 0 Å². The first-order valence-corrected chi connectivity index (χ1v) is 5.95. The Kier molecular flexibility index (Phi) is 7.10. The van der Waals surface area contributed by atoms with Crippen molar-refractivity contribution in [3.63, 3.8) is 0 Å². The lowest BCUT2D eigenvalue weighted by Crippen LogP contribution is -2.14. The Labute approximate surface area is 98.9 Å². The van der Waals surface area contributed by atoms with Crippen LogP contribution in [0.25, 0.3) is 0 Å². The zero-order chi connectivity index (χ0) is 11.5. The van der Waals surface area contributed by atoms with Crippen LogP contribution in [0, 0.1) is 0 Å². The van der Waals surface area contributed by atoms with Gasteiger partial charge in [-0.1, -0.05) is 55.1 Å². The number of rotatable bonds is 8. The first kappa shape index (κ1) is 12.7. The van der Waals surface area contributed by atoms with E-state index in [9.17, 15) is 0 Å². The molecule has 1 aromatic rings. The molecule has 0 aromatic heterocycles. The average Bonchev–Trinajstić information content (AvgIpc) is 2.34. The van der Waals surface area contributed by atoms with E-state index in [2.05, 4.69) is 48.3 Å². The zero-order valence-corrected chi connectivity index (χ0v) is 9.86. The van der Waals surface area contributed by atoms with E-state index in [0.717, 1.165) is 19.5 Å². The minimum Gasteiger partial charge on any atom is -0.313 e. The second-order valence-corrected chi connectivity index (χ2v) is 3.82. The maximum absolute atomic E-state index is 3.64. The molecule has 0 saturated carbocycles. The third-order valence-corrected chi connectivity index (χ3v) is 2.42. The zero-order valence-electron chi connectivity index (χ0n) is 9.86. The van der Waals surface area contributed by atoms with Crippen molar-refractivity contribution in [2.24, 2.45) is 0 Å². The van der Waals surface area contributed by atoms with E-state index < -0.39 is 0 Å². The lowest BCUT2D eigenvalue weighted by Gasteiger charge is -2.03. The number of unbranched alkanes of at least 4 members (excludes halogenated alkanes) is 2. The van der Waals surface area contributed by atoms with Gasteiger partial charge in [0.05, 0.1) is 0 Å². The molecule has 16 heavy (non-hydrogen) atoms. The van der Waals surface area contributed by atoms with Crippen molar-refractivity contribution in [1.29, 1.82) is 0 Å². The molecular formula is C15H21N. The molecule has 0 aliphatic heterocycles. The highest BCUT2D eigenvalue weighted by atomic mass is 14.8. The minimum absolute atomic E-state index is 0.976. The fourth-order valence-electron chi connectivity index (χ4n) is 1.53. The Morgan fingerprint density at radius 2 is 1.94 bits per heavy atom. The average molecular weight is 215 g/mol. The van der Waals surface area contributed by atoms with Gasteiger partial charge in [-0.15, -0.1) is 0 Å². The van der Waals surface area contributed by atoms with E-state index in [1.807, 2.05) is 12.2 Å². The van der Waals surface area contributed by atoms with Crippen LogP contribution in [0.1, 0.15) is 24.8 Å². The molecule has 0 fully saturated rings. The molecule has 0 amide bonds. The molecule has 0 radical (unpaired) electrons. The second-order valence-electron chi connectivity index (χ2n) is 3.82. The third kappa shape index (κ3) is 6.20. The summed E-state index contributed by atoms with van der Waals surface area (Å²) in [6.45, 7) is 5.71. The molecule has 0 saturated heterocycles. The topological polar surface area (TPSA) is 12.0 Å². The lowest BCUT2D eigenvalue weighted by atomic mass is 10.2. The molecule has 0 spiro atoms. The van der Waals surface area contributed by atoms with Crippen LogP contribution in [-0.2, 0) is 6.54 Å². The SMILES string of the molecule is C=C/C=C/CCCCNCc1ccccc1. The first-order valence-electron chi connectivity index (χ1n) is 5.95. The van der Waals surface area contributed by atoms with Crippen LogP contribution in [0.15, 0.2) is 55.1 Å². The number of allylic oxidation sites excluding steroid dienone is 3. The van der Waals surface area contributed by atoms with Gasteiger partial charge < -0.3 is 5.32 Å². The van der Waals surface area contributed by atoms with Crippen LogP contribution < -0.4 is 5.32 Å². The van der Waals surface area contributed by atoms with Crippen molar-refractivity contribution in [3.05, 3.63) is 60.7 Å². The first-order chi connectivity index (χ1) is 7.93. The molecule has 0 heterocycles. The highest BCUT2D eigenvalue weighted by Crippen LogP contribution is 1.99. The van der Waals surface area contributed by atoms with Gasteiger partial charge >= 0.3 is 0 Å². The van der Waals surface area contributed by atoms with Gasteiger partial charge in [-0.25, -0.2) is 0 Å². The quantitative estimate of drug-likeness (QED) is 0.515. The van der Waals surface area contributed by atoms with E-state index in [1.54, 1.807) is 0 Å². The molecule has 1 heteroatoms. The molecular weight excluding hydrogens is 194 g/mol. The van der Waals surface area contributed by atoms with Crippen LogP contribution in [0.5, 0.6) is 0 Å².